The van der Waals surface area contributed by atoms with Gasteiger partial charge in [0.1, 0.15) is 0 Å². The first kappa shape index (κ1) is 36.3. The number of allylic oxidation sites excluding steroid dienone is 1. The number of rotatable bonds is 5. The molecule has 274 valence electrons. The molecule has 0 spiro atoms. The molecular weight excluding hydrogens is 677 g/mol. The molecule has 0 radical (unpaired) electrons. The van der Waals surface area contributed by atoms with Gasteiger partial charge >= 0.3 is 0 Å². The lowest BCUT2D eigenvalue weighted by molar-refractivity contribution is 1.13. The summed E-state index contributed by atoms with van der Waals surface area (Å²) < 4.78 is 4.84. The Hall–Kier alpha value is -6.64. The van der Waals surface area contributed by atoms with E-state index in [9.17, 15) is 0 Å². The van der Waals surface area contributed by atoms with Crippen LogP contribution in [0.5, 0.6) is 0 Å². The topological polar surface area (TPSA) is 9.86 Å². The van der Waals surface area contributed by atoms with Crippen molar-refractivity contribution < 1.29 is 0 Å². The largest absolute Gasteiger partial charge is 0.309 e. The Morgan fingerprint density at radius 3 is 1.38 bits per heavy atom. The number of hydrogen-bond acceptors (Lipinski definition) is 0. The molecule has 0 amide bonds. The highest BCUT2D eigenvalue weighted by Gasteiger charge is 2.18. The fourth-order valence-electron chi connectivity index (χ4n) is 8.05. The second-order valence-corrected chi connectivity index (χ2v) is 14.1. The van der Waals surface area contributed by atoms with E-state index in [0.717, 1.165) is 6.42 Å². The Bertz CT molecular complexity index is 2910. The highest BCUT2D eigenvalue weighted by molar-refractivity contribution is 6.19. The molecule has 10 rings (SSSR count). The molecule has 0 aliphatic carbocycles. The zero-order valence-corrected chi connectivity index (χ0v) is 33.0. The van der Waals surface area contributed by atoms with Crippen molar-refractivity contribution in [1.82, 2.24) is 9.13 Å². The molecule has 0 saturated carbocycles. The fraction of sp³-hybridized carbons (Fsp3) is 0.111. The number of nitrogens with zero attached hydrogens (tertiary/aromatic N) is 2. The van der Waals surface area contributed by atoms with Crippen molar-refractivity contribution in [2.45, 2.75) is 41.0 Å². The van der Waals surface area contributed by atoms with E-state index < -0.39 is 0 Å². The first-order valence-corrected chi connectivity index (χ1v) is 19.9. The summed E-state index contributed by atoms with van der Waals surface area (Å²) in [5, 5.41) is 7.68. The summed E-state index contributed by atoms with van der Waals surface area (Å²) in [5.41, 5.74) is 13.7. The van der Waals surface area contributed by atoms with E-state index in [-0.39, 0.29) is 0 Å². The standard InChI is InChI=1S/C42H34N2.C10H8.C2H6/c1-4-10-30-17-18-32(25-29(30)5-2)31-19-23-34(24-20-31)44-40-14-9-7-12-36(40)38-26-41-37(27-42(38)44)35-11-6-8-13-39(35)43(41)33-21-15-28(3)16-22-33;1-2-6-10-8-4-3-7-9(10)5-1;1-2/h4,6-27H,5H2,1-3H3;1-8H;1-2H3/b10-4-;;. The zero-order chi connectivity index (χ0) is 38.6. The number of aromatic nitrogens is 2. The predicted molar refractivity (Wildman–Crippen MR) is 245 cm³/mol. The van der Waals surface area contributed by atoms with Crippen molar-refractivity contribution in [3.05, 3.63) is 199 Å². The third kappa shape index (κ3) is 6.69. The van der Waals surface area contributed by atoms with Crippen molar-refractivity contribution in [3.8, 4) is 22.5 Å². The van der Waals surface area contributed by atoms with Crippen LogP contribution in [0.1, 0.15) is 44.4 Å². The summed E-state index contributed by atoms with van der Waals surface area (Å²) >= 11 is 0. The lowest BCUT2D eigenvalue weighted by Crippen LogP contribution is -1.95. The van der Waals surface area contributed by atoms with Crippen molar-refractivity contribution in [2.24, 2.45) is 0 Å². The molecule has 2 heteroatoms. The van der Waals surface area contributed by atoms with E-state index in [1.807, 2.05) is 13.8 Å². The Kier molecular flexibility index (Phi) is 10.4. The lowest BCUT2D eigenvalue weighted by atomic mass is 9.97. The minimum atomic E-state index is 1.02. The van der Waals surface area contributed by atoms with Crippen LogP contribution in [0.4, 0.5) is 0 Å². The average Bonchev–Trinajstić information content (AvgIpc) is 3.76. The minimum absolute atomic E-state index is 1.02. The third-order valence-electron chi connectivity index (χ3n) is 10.7. The molecule has 0 saturated heterocycles. The number of aryl methyl sites for hydroxylation is 2. The summed E-state index contributed by atoms with van der Waals surface area (Å²) in [6.07, 6.45) is 5.33. The smallest absolute Gasteiger partial charge is 0.0548 e. The summed E-state index contributed by atoms with van der Waals surface area (Å²) in [4.78, 5) is 0. The monoisotopic (exact) mass is 724 g/mol. The average molecular weight is 725 g/mol. The van der Waals surface area contributed by atoms with E-state index in [1.54, 1.807) is 0 Å². The Balaban J connectivity index is 0.000000316. The molecule has 2 nitrogen and oxygen atoms in total. The van der Waals surface area contributed by atoms with E-state index in [1.165, 1.54) is 93.6 Å². The van der Waals surface area contributed by atoms with Gasteiger partial charge in [-0.1, -0.05) is 166 Å². The van der Waals surface area contributed by atoms with E-state index in [0.29, 0.717) is 0 Å². The highest BCUT2D eigenvalue weighted by Crippen LogP contribution is 2.40. The lowest BCUT2D eigenvalue weighted by Gasteiger charge is -2.11. The molecule has 0 fully saturated rings. The summed E-state index contributed by atoms with van der Waals surface area (Å²) in [7, 11) is 0. The SMILES string of the molecule is C/C=C\c1ccc(-c2ccc(-n3c4ccccc4c4cc5c(cc43)c3ccccc3n5-c3ccc(C)cc3)cc2)cc1CC.CC.c1ccc2ccccc2c1. The van der Waals surface area contributed by atoms with Crippen LogP contribution in [0.3, 0.4) is 0 Å². The molecule has 0 unspecified atom stereocenters. The first-order valence-electron chi connectivity index (χ1n) is 19.9. The van der Waals surface area contributed by atoms with Gasteiger partial charge in [-0.05, 0) is 102 Å². The maximum absolute atomic E-state index is 2.43. The molecule has 10 aromatic rings. The van der Waals surface area contributed by atoms with Crippen LogP contribution in [0.25, 0.3) is 83.0 Å². The molecular formula is C54H48N2. The molecule has 0 N–H and O–H groups in total. The highest BCUT2D eigenvalue weighted by atomic mass is 15.0. The molecule has 0 atom stereocenters. The van der Waals surface area contributed by atoms with Crippen molar-refractivity contribution >= 4 is 60.5 Å². The van der Waals surface area contributed by atoms with Gasteiger partial charge in [-0.3, -0.25) is 0 Å². The van der Waals surface area contributed by atoms with Crippen LogP contribution in [0.15, 0.2) is 182 Å². The Morgan fingerprint density at radius 1 is 0.446 bits per heavy atom. The van der Waals surface area contributed by atoms with Crippen LogP contribution in [0.2, 0.25) is 0 Å². The number of fused-ring (bicyclic) bond motifs is 7. The predicted octanol–water partition coefficient (Wildman–Crippen LogP) is 15.3. The number of benzene rings is 8. The Morgan fingerprint density at radius 2 is 0.893 bits per heavy atom. The van der Waals surface area contributed by atoms with Gasteiger partial charge in [0.2, 0.25) is 0 Å². The van der Waals surface area contributed by atoms with E-state index in [2.05, 4.69) is 218 Å². The van der Waals surface area contributed by atoms with Gasteiger partial charge in [-0.15, -0.1) is 0 Å². The second-order valence-electron chi connectivity index (χ2n) is 14.1. The summed E-state index contributed by atoms with van der Waals surface area (Å²) in [6.45, 7) is 10.4. The Labute approximate surface area is 330 Å². The number of hydrogen-bond donors (Lipinski definition) is 0. The van der Waals surface area contributed by atoms with Gasteiger partial charge in [-0.25, -0.2) is 0 Å². The van der Waals surface area contributed by atoms with Gasteiger partial charge in [0, 0.05) is 32.9 Å². The van der Waals surface area contributed by atoms with Crippen molar-refractivity contribution in [3.63, 3.8) is 0 Å². The minimum Gasteiger partial charge on any atom is -0.309 e. The van der Waals surface area contributed by atoms with Crippen LogP contribution in [-0.2, 0) is 6.42 Å². The van der Waals surface area contributed by atoms with E-state index in [4.69, 9.17) is 0 Å². The number of para-hydroxylation sites is 2. The molecule has 2 aromatic heterocycles. The van der Waals surface area contributed by atoms with Crippen molar-refractivity contribution in [2.75, 3.05) is 0 Å². The first-order chi connectivity index (χ1) is 27.6. The van der Waals surface area contributed by atoms with Gasteiger partial charge < -0.3 is 9.13 Å². The third-order valence-corrected chi connectivity index (χ3v) is 10.7. The summed E-state index contributed by atoms with van der Waals surface area (Å²) in [6, 6.07) is 63.8. The van der Waals surface area contributed by atoms with Gasteiger partial charge in [0.25, 0.3) is 0 Å². The summed E-state index contributed by atoms with van der Waals surface area (Å²) in [5.74, 6) is 0. The molecule has 0 bridgehead atoms. The quantitative estimate of drug-likeness (QED) is 0.167. The molecule has 0 aliphatic heterocycles. The van der Waals surface area contributed by atoms with Crippen LogP contribution >= 0.6 is 0 Å². The molecule has 2 heterocycles. The van der Waals surface area contributed by atoms with Gasteiger partial charge in [0.15, 0.2) is 0 Å². The fourth-order valence-corrected chi connectivity index (χ4v) is 8.05. The molecule has 8 aromatic carbocycles. The van der Waals surface area contributed by atoms with Crippen LogP contribution in [0, 0.1) is 6.92 Å². The molecule has 0 aliphatic rings. The van der Waals surface area contributed by atoms with Crippen LogP contribution in [-0.4, -0.2) is 9.13 Å². The van der Waals surface area contributed by atoms with Gasteiger partial charge in [0.05, 0.1) is 22.1 Å². The van der Waals surface area contributed by atoms with Gasteiger partial charge in [-0.2, -0.15) is 0 Å². The van der Waals surface area contributed by atoms with Crippen LogP contribution < -0.4 is 0 Å². The van der Waals surface area contributed by atoms with E-state index >= 15 is 0 Å². The molecule has 56 heavy (non-hydrogen) atoms. The second kappa shape index (κ2) is 16.0. The van der Waals surface area contributed by atoms with Crippen molar-refractivity contribution in [1.29, 1.82) is 0 Å². The zero-order valence-electron chi connectivity index (χ0n) is 33.0. The maximum atomic E-state index is 2.43. The normalized spacial score (nSPS) is 11.3. The maximum Gasteiger partial charge on any atom is 0.0548 e.